The first-order valence-corrected chi connectivity index (χ1v) is 7.13. The van der Waals surface area contributed by atoms with E-state index >= 15 is 0 Å². The van der Waals surface area contributed by atoms with Crippen LogP contribution >= 0.6 is 0 Å². The molecule has 0 bridgehead atoms. The van der Waals surface area contributed by atoms with Gasteiger partial charge in [-0.05, 0) is 30.7 Å². The molecule has 0 unspecified atom stereocenters. The second-order valence-electron chi connectivity index (χ2n) is 4.01. The molecule has 1 N–H and O–H groups in total. The van der Waals surface area contributed by atoms with Crippen molar-refractivity contribution in [1.82, 2.24) is 4.31 Å². The molecule has 1 rings (SSSR count). The highest BCUT2D eigenvalue weighted by Crippen LogP contribution is 2.15. The van der Waals surface area contributed by atoms with Crippen LogP contribution in [0.5, 0.6) is 0 Å². The summed E-state index contributed by atoms with van der Waals surface area (Å²) in [5.41, 5.74) is 0.0742. The van der Waals surface area contributed by atoms with Gasteiger partial charge in [0, 0.05) is 13.6 Å². The molecule has 0 aromatic heterocycles. The molecule has 0 aliphatic carbocycles. The highest BCUT2D eigenvalue weighted by Gasteiger charge is 2.20. The largest absolute Gasteiger partial charge is 0.478 e. The fourth-order valence-corrected chi connectivity index (χ4v) is 2.66. The topological polar surface area (TPSA) is 74.7 Å². The second-order valence-corrected chi connectivity index (χ2v) is 6.05. The maximum Gasteiger partial charge on any atom is 0.335 e. The number of benzene rings is 1. The minimum Gasteiger partial charge on any atom is -0.478 e. The zero-order valence-electron chi connectivity index (χ0n) is 10.5. The van der Waals surface area contributed by atoms with E-state index in [2.05, 4.69) is 0 Å². The molecule has 0 saturated heterocycles. The first kappa shape index (κ1) is 14.7. The van der Waals surface area contributed by atoms with Crippen LogP contribution in [0.1, 0.15) is 30.1 Å². The Kier molecular flexibility index (Phi) is 4.86. The highest BCUT2D eigenvalue weighted by molar-refractivity contribution is 7.89. The van der Waals surface area contributed by atoms with Crippen molar-refractivity contribution in [2.24, 2.45) is 0 Å². The number of rotatable bonds is 6. The Balaban J connectivity index is 2.94. The van der Waals surface area contributed by atoms with Gasteiger partial charge in [0.25, 0.3) is 0 Å². The zero-order chi connectivity index (χ0) is 13.8. The number of unbranched alkanes of at least 4 members (excludes halogenated alkanes) is 1. The Hall–Kier alpha value is -1.40. The molecular formula is C12H17NO4S. The monoisotopic (exact) mass is 271 g/mol. The normalized spacial score (nSPS) is 11.7. The van der Waals surface area contributed by atoms with E-state index in [1.54, 1.807) is 0 Å². The number of carboxylic acids is 1. The summed E-state index contributed by atoms with van der Waals surface area (Å²) in [5.74, 6) is -1.07. The molecule has 1 aromatic carbocycles. The lowest BCUT2D eigenvalue weighted by Gasteiger charge is -2.16. The van der Waals surface area contributed by atoms with E-state index in [0.717, 1.165) is 12.8 Å². The van der Waals surface area contributed by atoms with Crippen molar-refractivity contribution in [2.45, 2.75) is 24.7 Å². The van der Waals surface area contributed by atoms with Gasteiger partial charge in [-0.25, -0.2) is 17.5 Å². The molecule has 100 valence electrons. The Morgan fingerprint density at radius 3 is 2.28 bits per heavy atom. The molecule has 18 heavy (non-hydrogen) atoms. The predicted molar refractivity (Wildman–Crippen MR) is 68.1 cm³/mol. The Labute approximate surface area is 107 Å². The lowest BCUT2D eigenvalue weighted by molar-refractivity contribution is 0.0696. The maximum atomic E-state index is 12.1. The van der Waals surface area contributed by atoms with Gasteiger partial charge in [0.2, 0.25) is 10.0 Å². The minimum absolute atomic E-state index is 0.0742. The van der Waals surface area contributed by atoms with Crippen LogP contribution in [0, 0.1) is 0 Å². The first-order valence-electron chi connectivity index (χ1n) is 5.69. The smallest absolute Gasteiger partial charge is 0.335 e. The van der Waals surface area contributed by atoms with Crippen molar-refractivity contribution in [2.75, 3.05) is 13.6 Å². The van der Waals surface area contributed by atoms with Crippen molar-refractivity contribution in [3.05, 3.63) is 29.8 Å². The summed E-state index contributed by atoms with van der Waals surface area (Å²) in [4.78, 5) is 10.8. The van der Waals surface area contributed by atoms with Crippen LogP contribution < -0.4 is 0 Å². The molecule has 5 nitrogen and oxygen atoms in total. The van der Waals surface area contributed by atoms with E-state index < -0.39 is 16.0 Å². The number of carbonyl (C=O) groups is 1. The van der Waals surface area contributed by atoms with E-state index in [1.165, 1.54) is 35.6 Å². The van der Waals surface area contributed by atoms with Crippen LogP contribution in [0.15, 0.2) is 29.2 Å². The van der Waals surface area contributed by atoms with Gasteiger partial charge in [0.15, 0.2) is 0 Å². The third kappa shape index (κ3) is 3.30. The maximum absolute atomic E-state index is 12.1. The minimum atomic E-state index is -3.51. The SMILES string of the molecule is CCCCN(C)S(=O)(=O)c1ccc(C(=O)O)cc1. The number of hydrogen-bond donors (Lipinski definition) is 1. The quantitative estimate of drug-likeness (QED) is 0.856. The highest BCUT2D eigenvalue weighted by atomic mass is 32.2. The van der Waals surface area contributed by atoms with Gasteiger partial charge in [0.05, 0.1) is 10.5 Å². The average Bonchev–Trinajstić information content (AvgIpc) is 2.35. The number of carboxylic acid groups (broad SMARTS) is 1. The first-order chi connectivity index (χ1) is 8.39. The van der Waals surface area contributed by atoms with Crippen LogP contribution in [0.4, 0.5) is 0 Å². The lowest BCUT2D eigenvalue weighted by Crippen LogP contribution is -2.27. The summed E-state index contributed by atoms with van der Waals surface area (Å²) >= 11 is 0. The molecule has 0 fully saturated rings. The van der Waals surface area contributed by atoms with Gasteiger partial charge < -0.3 is 5.11 Å². The van der Waals surface area contributed by atoms with Gasteiger partial charge in [-0.2, -0.15) is 0 Å². The third-order valence-electron chi connectivity index (χ3n) is 2.64. The van der Waals surface area contributed by atoms with Gasteiger partial charge >= 0.3 is 5.97 Å². The van der Waals surface area contributed by atoms with Gasteiger partial charge in [-0.1, -0.05) is 13.3 Å². The molecule has 0 aliphatic heterocycles. The summed E-state index contributed by atoms with van der Waals surface area (Å²) in [6, 6.07) is 5.23. The second kappa shape index (κ2) is 5.97. The molecule has 0 radical (unpaired) electrons. The van der Waals surface area contributed by atoms with E-state index in [1.807, 2.05) is 6.92 Å². The van der Waals surface area contributed by atoms with Gasteiger partial charge in [-0.3, -0.25) is 0 Å². The predicted octanol–water partition coefficient (Wildman–Crippen LogP) is 1.81. The van der Waals surface area contributed by atoms with Crippen molar-refractivity contribution in [3.63, 3.8) is 0 Å². The molecule has 0 spiro atoms. The summed E-state index contributed by atoms with van der Waals surface area (Å²) in [7, 11) is -1.99. The molecule has 6 heteroatoms. The Morgan fingerprint density at radius 2 is 1.83 bits per heavy atom. The lowest BCUT2D eigenvalue weighted by atomic mass is 10.2. The fourth-order valence-electron chi connectivity index (χ4n) is 1.45. The molecule has 0 saturated carbocycles. The Morgan fingerprint density at radius 1 is 1.28 bits per heavy atom. The van der Waals surface area contributed by atoms with Crippen LogP contribution in [0.25, 0.3) is 0 Å². The van der Waals surface area contributed by atoms with E-state index in [4.69, 9.17) is 5.11 Å². The van der Waals surface area contributed by atoms with Gasteiger partial charge in [0.1, 0.15) is 0 Å². The van der Waals surface area contributed by atoms with E-state index in [-0.39, 0.29) is 10.5 Å². The summed E-state index contributed by atoms with van der Waals surface area (Å²) in [6.07, 6.45) is 1.71. The van der Waals surface area contributed by atoms with Crippen LogP contribution in [-0.4, -0.2) is 37.4 Å². The zero-order valence-corrected chi connectivity index (χ0v) is 11.3. The number of nitrogens with zero attached hydrogens (tertiary/aromatic N) is 1. The third-order valence-corrected chi connectivity index (χ3v) is 4.51. The number of hydrogen-bond acceptors (Lipinski definition) is 3. The molecule has 0 amide bonds. The van der Waals surface area contributed by atoms with Crippen molar-refractivity contribution >= 4 is 16.0 Å². The van der Waals surface area contributed by atoms with Crippen LogP contribution in [-0.2, 0) is 10.0 Å². The summed E-state index contributed by atoms with van der Waals surface area (Å²) in [6.45, 7) is 2.45. The van der Waals surface area contributed by atoms with Crippen LogP contribution in [0.2, 0.25) is 0 Å². The Bertz CT molecular complexity index is 507. The summed E-state index contributed by atoms with van der Waals surface area (Å²) < 4.78 is 25.5. The average molecular weight is 271 g/mol. The molecular weight excluding hydrogens is 254 g/mol. The number of aromatic carboxylic acids is 1. The molecule has 0 aliphatic rings. The molecule has 0 atom stereocenters. The fraction of sp³-hybridized carbons (Fsp3) is 0.417. The van der Waals surface area contributed by atoms with Gasteiger partial charge in [-0.15, -0.1) is 0 Å². The van der Waals surface area contributed by atoms with E-state index in [9.17, 15) is 13.2 Å². The van der Waals surface area contributed by atoms with E-state index in [0.29, 0.717) is 6.54 Å². The molecule has 1 aromatic rings. The summed E-state index contributed by atoms with van der Waals surface area (Å²) in [5, 5.41) is 8.74. The van der Waals surface area contributed by atoms with Crippen molar-refractivity contribution < 1.29 is 18.3 Å². The number of sulfonamides is 1. The standard InChI is InChI=1S/C12H17NO4S/c1-3-4-9-13(2)18(16,17)11-7-5-10(6-8-11)12(14)15/h5-8H,3-4,9H2,1-2H3,(H,14,15). The van der Waals surface area contributed by atoms with Crippen LogP contribution in [0.3, 0.4) is 0 Å². The van der Waals surface area contributed by atoms with Crippen molar-refractivity contribution in [1.29, 1.82) is 0 Å². The van der Waals surface area contributed by atoms with Crippen molar-refractivity contribution in [3.8, 4) is 0 Å². The molecule has 0 heterocycles.